The second-order valence-electron chi connectivity index (χ2n) is 12.4. The molecule has 0 atom stereocenters. The number of fused-ring (bicyclic) bond motifs is 6. The molecule has 0 aliphatic carbocycles. The predicted molar refractivity (Wildman–Crippen MR) is 202 cm³/mol. The lowest BCUT2D eigenvalue weighted by Gasteiger charge is -2.09. The smallest absolute Gasteiger partial charge is 0.164 e. The van der Waals surface area contributed by atoms with Gasteiger partial charge in [-0.2, -0.15) is 0 Å². The Hall–Kier alpha value is -6.85. The van der Waals surface area contributed by atoms with Crippen LogP contribution in [0.4, 0.5) is 0 Å². The highest BCUT2D eigenvalue weighted by molar-refractivity contribution is 6.10. The molecule has 7 aromatic carbocycles. The van der Waals surface area contributed by atoms with E-state index in [-0.39, 0.29) is 0 Å². The zero-order chi connectivity index (χ0) is 33.0. The molecule has 3 heterocycles. The number of nitrogens with zero attached hydrogens (tertiary/aromatic N) is 3. The number of hydrogen-bond donors (Lipinski definition) is 0. The van der Waals surface area contributed by atoms with Crippen molar-refractivity contribution in [3.63, 3.8) is 0 Å². The van der Waals surface area contributed by atoms with Crippen molar-refractivity contribution in [1.82, 2.24) is 15.0 Å². The number of hydrogen-bond acceptors (Lipinski definition) is 5. The molecular formula is C45H27N3O2. The summed E-state index contributed by atoms with van der Waals surface area (Å²) in [6, 6.07) is 55.8. The van der Waals surface area contributed by atoms with Gasteiger partial charge in [0.25, 0.3) is 0 Å². The van der Waals surface area contributed by atoms with Gasteiger partial charge in [0.1, 0.15) is 22.3 Å². The van der Waals surface area contributed by atoms with Crippen LogP contribution >= 0.6 is 0 Å². The first-order chi connectivity index (χ1) is 24.7. The molecule has 10 aromatic rings. The van der Waals surface area contributed by atoms with E-state index in [9.17, 15) is 0 Å². The van der Waals surface area contributed by atoms with Crippen molar-refractivity contribution < 1.29 is 8.83 Å². The SMILES string of the molecule is c1ccc(-c2ccc(-c3nc(-c4ccc5c(c4)oc4ccccc45)nc(-c4ccc5c(c4)oc4c(-c6ccccc6)cccc45)n3)cc2)cc1. The fourth-order valence-corrected chi connectivity index (χ4v) is 6.85. The zero-order valence-corrected chi connectivity index (χ0v) is 26.7. The summed E-state index contributed by atoms with van der Waals surface area (Å²) < 4.78 is 12.8. The maximum atomic E-state index is 6.58. The minimum Gasteiger partial charge on any atom is -0.456 e. The van der Waals surface area contributed by atoms with Crippen LogP contribution in [0.3, 0.4) is 0 Å². The Kier molecular flexibility index (Phi) is 6.42. The molecule has 5 heteroatoms. The molecule has 234 valence electrons. The van der Waals surface area contributed by atoms with Gasteiger partial charge in [0.2, 0.25) is 0 Å². The minimum atomic E-state index is 0.562. The van der Waals surface area contributed by atoms with Gasteiger partial charge in [0.05, 0.1) is 0 Å². The summed E-state index contributed by atoms with van der Waals surface area (Å²) >= 11 is 0. The molecule has 0 spiro atoms. The van der Waals surface area contributed by atoms with E-state index in [1.165, 1.54) is 0 Å². The lowest BCUT2D eigenvalue weighted by Crippen LogP contribution is -2.00. The van der Waals surface area contributed by atoms with Crippen molar-refractivity contribution in [3.05, 3.63) is 164 Å². The van der Waals surface area contributed by atoms with E-state index < -0.39 is 0 Å². The summed E-state index contributed by atoms with van der Waals surface area (Å²) in [4.78, 5) is 15.1. The number of para-hydroxylation sites is 2. The third kappa shape index (κ3) is 4.75. The zero-order valence-electron chi connectivity index (χ0n) is 26.7. The van der Waals surface area contributed by atoms with Crippen LogP contribution in [0.25, 0.3) is 100 Å². The lowest BCUT2D eigenvalue weighted by atomic mass is 10.0. The first-order valence-corrected chi connectivity index (χ1v) is 16.6. The maximum Gasteiger partial charge on any atom is 0.164 e. The van der Waals surface area contributed by atoms with Crippen molar-refractivity contribution in [2.45, 2.75) is 0 Å². The molecule has 0 aliphatic rings. The van der Waals surface area contributed by atoms with E-state index in [1.807, 2.05) is 66.7 Å². The first-order valence-electron chi connectivity index (χ1n) is 16.6. The summed E-state index contributed by atoms with van der Waals surface area (Å²) in [5.74, 6) is 1.72. The average molecular weight is 642 g/mol. The molecule has 5 nitrogen and oxygen atoms in total. The largest absolute Gasteiger partial charge is 0.456 e. The second kappa shape index (κ2) is 11.4. The first kappa shape index (κ1) is 28.2. The quantitative estimate of drug-likeness (QED) is 0.187. The fourth-order valence-electron chi connectivity index (χ4n) is 6.85. The standard InChI is InChI=1S/C45H27N3O2/c1-3-10-28(11-4-1)29-18-20-31(21-19-29)43-46-44(32-22-24-36-35-14-7-8-17-39(35)49-40(36)26-32)48-45(47-43)33-23-25-37-38-16-9-15-34(30-12-5-2-6-13-30)42(38)50-41(37)27-33/h1-27H. The molecule has 0 fully saturated rings. The topological polar surface area (TPSA) is 65.0 Å². The molecule has 0 amide bonds. The van der Waals surface area contributed by atoms with Crippen molar-refractivity contribution in [2.24, 2.45) is 0 Å². The number of aromatic nitrogens is 3. The van der Waals surface area contributed by atoms with Gasteiger partial charge in [-0.1, -0.05) is 133 Å². The normalized spacial score (nSPS) is 11.6. The Balaban J connectivity index is 1.13. The molecule has 3 aromatic heterocycles. The van der Waals surface area contributed by atoms with Crippen LogP contribution in [0, 0.1) is 0 Å². The predicted octanol–water partition coefficient (Wildman–Crippen LogP) is 12.0. The van der Waals surface area contributed by atoms with Crippen LogP contribution in [0.1, 0.15) is 0 Å². The van der Waals surface area contributed by atoms with Gasteiger partial charge in [-0.05, 0) is 47.0 Å². The van der Waals surface area contributed by atoms with Gasteiger partial charge >= 0.3 is 0 Å². The van der Waals surface area contributed by atoms with Crippen molar-refractivity contribution in [3.8, 4) is 56.4 Å². The molecule has 50 heavy (non-hydrogen) atoms. The summed E-state index contributed by atoms with van der Waals surface area (Å²) in [5.41, 5.74) is 10.3. The van der Waals surface area contributed by atoms with E-state index >= 15 is 0 Å². The summed E-state index contributed by atoms with van der Waals surface area (Å²) in [6.07, 6.45) is 0. The van der Waals surface area contributed by atoms with Crippen molar-refractivity contribution in [1.29, 1.82) is 0 Å². The van der Waals surface area contributed by atoms with Crippen LogP contribution < -0.4 is 0 Å². The fraction of sp³-hybridized carbons (Fsp3) is 0. The van der Waals surface area contributed by atoms with Gasteiger partial charge < -0.3 is 8.83 Å². The van der Waals surface area contributed by atoms with E-state index in [4.69, 9.17) is 23.8 Å². The van der Waals surface area contributed by atoms with Crippen LogP contribution in [-0.2, 0) is 0 Å². The molecule has 0 radical (unpaired) electrons. The van der Waals surface area contributed by atoms with E-state index in [2.05, 4.69) is 97.1 Å². The number of furan rings is 2. The molecule has 0 aliphatic heterocycles. The van der Waals surface area contributed by atoms with Crippen LogP contribution in [0.15, 0.2) is 173 Å². The molecule has 0 saturated carbocycles. The van der Waals surface area contributed by atoms with E-state index in [1.54, 1.807) is 0 Å². The molecule has 0 unspecified atom stereocenters. The van der Waals surface area contributed by atoms with Gasteiger partial charge in [-0.15, -0.1) is 0 Å². The highest BCUT2D eigenvalue weighted by Crippen LogP contribution is 2.38. The summed E-state index contributed by atoms with van der Waals surface area (Å²) in [7, 11) is 0. The van der Waals surface area contributed by atoms with Gasteiger partial charge in [-0.25, -0.2) is 15.0 Å². The van der Waals surface area contributed by atoms with Crippen LogP contribution in [0.5, 0.6) is 0 Å². The van der Waals surface area contributed by atoms with E-state index in [0.29, 0.717) is 17.5 Å². The Morgan fingerprint density at radius 3 is 1.48 bits per heavy atom. The van der Waals surface area contributed by atoms with Crippen molar-refractivity contribution >= 4 is 43.9 Å². The Bertz CT molecular complexity index is 2850. The summed E-state index contributed by atoms with van der Waals surface area (Å²) in [5, 5.41) is 4.25. The Morgan fingerprint density at radius 2 is 0.780 bits per heavy atom. The highest BCUT2D eigenvalue weighted by Gasteiger charge is 2.17. The second-order valence-corrected chi connectivity index (χ2v) is 12.4. The highest BCUT2D eigenvalue weighted by atomic mass is 16.3. The van der Waals surface area contributed by atoms with Gasteiger partial charge in [-0.3, -0.25) is 0 Å². The molecule has 0 N–H and O–H groups in total. The Labute approximate surface area is 287 Å². The molecular weight excluding hydrogens is 615 g/mol. The number of rotatable bonds is 5. The van der Waals surface area contributed by atoms with Crippen molar-refractivity contribution in [2.75, 3.05) is 0 Å². The average Bonchev–Trinajstić information content (AvgIpc) is 3.76. The van der Waals surface area contributed by atoms with Crippen LogP contribution in [0.2, 0.25) is 0 Å². The Morgan fingerprint density at radius 1 is 0.300 bits per heavy atom. The summed E-state index contributed by atoms with van der Waals surface area (Å²) in [6.45, 7) is 0. The maximum absolute atomic E-state index is 6.58. The molecule has 0 saturated heterocycles. The minimum absolute atomic E-state index is 0.562. The van der Waals surface area contributed by atoms with Gasteiger partial charge in [0.15, 0.2) is 17.5 Å². The van der Waals surface area contributed by atoms with E-state index in [0.717, 1.165) is 82.8 Å². The third-order valence-corrected chi connectivity index (χ3v) is 9.36. The van der Waals surface area contributed by atoms with Crippen LogP contribution in [-0.4, -0.2) is 15.0 Å². The monoisotopic (exact) mass is 641 g/mol. The molecule has 0 bridgehead atoms. The third-order valence-electron chi connectivity index (χ3n) is 9.36. The lowest BCUT2D eigenvalue weighted by molar-refractivity contribution is 0.669. The van der Waals surface area contributed by atoms with Gasteiger partial charge in [0, 0.05) is 43.8 Å². The number of benzene rings is 7. The molecule has 10 rings (SSSR count).